The quantitative estimate of drug-likeness (QED) is 0.820. The Labute approximate surface area is 114 Å². The second kappa shape index (κ2) is 6.93. The lowest BCUT2D eigenvalue weighted by Crippen LogP contribution is -2.30. The van der Waals surface area contributed by atoms with Gasteiger partial charge >= 0.3 is 0 Å². The maximum Gasteiger partial charge on any atom is 0.226 e. The Morgan fingerprint density at radius 3 is 3.00 bits per heavy atom. The highest BCUT2D eigenvalue weighted by molar-refractivity contribution is 9.10. The molecular weight excluding hydrogens is 305 g/mol. The van der Waals surface area contributed by atoms with Crippen molar-refractivity contribution in [1.82, 2.24) is 10.3 Å². The smallest absolute Gasteiger partial charge is 0.226 e. The first kappa shape index (κ1) is 14.4. The van der Waals surface area contributed by atoms with Gasteiger partial charge in [0.1, 0.15) is 4.60 Å². The van der Waals surface area contributed by atoms with E-state index in [1.165, 1.54) is 6.20 Å². The minimum atomic E-state index is -0.0665. The van der Waals surface area contributed by atoms with E-state index in [1.807, 2.05) is 13.8 Å². The molecular formula is C11H15BrClN3O. The number of carbonyl (C=O) groups is 1. The third kappa shape index (κ3) is 5.02. The number of carbonyl (C=O) groups excluding carboxylic acids is 1. The Hall–Kier alpha value is -0.650. The minimum Gasteiger partial charge on any atom is -0.324 e. The monoisotopic (exact) mass is 319 g/mol. The van der Waals surface area contributed by atoms with Gasteiger partial charge in [-0.25, -0.2) is 4.98 Å². The van der Waals surface area contributed by atoms with Crippen molar-refractivity contribution in [2.75, 3.05) is 11.9 Å². The lowest BCUT2D eigenvalue weighted by Gasteiger charge is -2.12. The molecule has 0 radical (unpaired) electrons. The maximum absolute atomic E-state index is 11.7. The van der Waals surface area contributed by atoms with Gasteiger partial charge in [0, 0.05) is 18.7 Å². The summed E-state index contributed by atoms with van der Waals surface area (Å²) in [5.74, 6) is -0.0665. The second-order valence-electron chi connectivity index (χ2n) is 3.70. The molecule has 0 bridgehead atoms. The van der Waals surface area contributed by atoms with E-state index >= 15 is 0 Å². The van der Waals surface area contributed by atoms with Gasteiger partial charge in [-0.2, -0.15) is 0 Å². The van der Waals surface area contributed by atoms with Crippen LogP contribution in [0.1, 0.15) is 20.3 Å². The van der Waals surface area contributed by atoms with Crippen LogP contribution in [0.4, 0.5) is 5.69 Å². The molecule has 2 N–H and O–H groups in total. The van der Waals surface area contributed by atoms with Crippen LogP contribution in [0.5, 0.6) is 0 Å². The van der Waals surface area contributed by atoms with E-state index in [1.54, 1.807) is 6.07 Å². The molecule has 0 fully saturated rings. The normalized spacial score (nSPS) is 12.2. The van der Waals surface area contributed by atoms with Crippen LogP contribution in [0.15, 0.2) is 16.9 Å². The Morgan fingerprint density at radius 2 is 2.35 bits per heavy atom. The molecule has 6 heteroatoms. The Kier molecular flexibility index (Phi) is 5.88. The number of nitrogens with zero attached hydrogens (tertiary/aromatic N) is 1. The second-order valence-corrected chi connectivity index (χ2v) is 4.89. The van der Waals surface area contributed by atoms with E-state index in [4.69, 9.17) is 11.6 Å². The van der Waals surface area contributed by atoms with Crippen molar-refractivity contribution >= 4 is 39.1 Å². The van der Waals surface area contributed by atoms with E-state index in [0.717, 1.165) is 6.54 Å². The maximum atomic E-state index is 11.7. The van der Waals surface area contributed by atoms with Crippen LogP contribution in [0.25, 0.3) is 0 Å². The van der Waals surface area contributed by atoms with Crippen LogP contribution >= 0.6 is 27.5 Å². The molecule has 17 heavy (non-hydrogen) atoms. The molecule has 1 rings (SSSR count). The Bertz CT molecular complexity index is 400. The Morgan fingerprint density at radius 1 is 1.65 bits per heavy atom. The number of aromatic nitrogens is 1. The number of anilines is 1. The van der Waals surface area contributed by atoms with Crippen LogP contribution < -0.4 is 10.6 Å². The van der Waals surface area contributed by atoms with E-state index in [9.17, 15) is 4.79 Å². The van der Waals surface area contributed by atoms with Gasteiger partial charge in [-0.3, -0.25) is 4.79 Å². The fraction of sp³-hybridized carbons (Fsp3) is 0.455. The topological polar surface area (TPSA) is 54.0 Å². The lowest BCUT2D eigenvalue weighted by molar-refractivity contribution is -0.116. The summed E-state index contributed by atoms with van der Waals surface area (Å²) in [6.07, 6.45) is 1.93. The summed E-state index contributed by atoms with van der Waals surface area (Å²) in [6, 6.07) is 1.81. The molecule has 0 aromatic carbocycles. The first-order chi connectivity index (χ1) is 8.02. The summed E-state index contributed by atoms with van der Waals surface area (Å²) in [5.41, 5.74) is 0.589. The van der Waals surface area contributed by atoms with Crippen LogP contribution in [0.3, 0.4) is 0 Å². The van der Waals surface area contributed by atoms with E-state index in [2.05, 4.69) is 31.5 Å². The van der Waals surface area contributed by atoms with Crippen LogP contribution in [-0.4, -0.2) is 23.5 Å². The molecule has 0 aliphatic carbocycles. The van der Waals surface area contributed by atoms with Gasteiger partial charge in [-0.15, -0.1) is 0 Å². The average Bonchev–Trinajstić information content (AvgIpc) is 2.23. The number of amides is 1. The molecule has 1 aromatic rings. The third-order valence-corrected chi connectivity index (χ3v) is 2.96. The fourth-order valence-corrected chi connectivity index (χ4v) is 1.88. The van der Waals surface area contributed by atoms with Gasteiger partial charge in [0.2, 0.25) is 5.91 Å². The van der Waals surface area contributed by atoms with Crippen molar-refractivity contribution in [1.29, 1.82) is 0 Å². The number of nitrogens with one attached hydrogen (secondary N) is 2. The number of pyridine rings is 1. The molecule has 4 nitrogen and oxygen atoms in total. The minimum absolute atomic E-state index is 0.0665. The average molecular weight is 321 g/mol. The Balaban J connectivity index is 2.58. The third-order valence-electron chi connectivity index (χ3n) is 2.12. The predicted octanol–water partition coefficient (Wildman–Crippen LogP) is 2.82. The first-order valence-electron chi connectivity index (χ1n) is 5.37. The van der Waals surface area contributed by atoms with Gasteiger partial charge in [-0.1, -0.05) is 18.5 Å². The summed E-state index contributed by atoms with van der Waals surface area (Å²) >= 11 is 9.06. The van der Waals surface area contributed by atoms with Crippen molar-refractivity contribution < 1.29 is 4.79 Å². The van der Waals surface area contributed by atoms with Crippen LogP contribution in [0.2, 0.25) is 5.02 Å². The molecule has 1 aromatic heterocycles. The van der Waals surface area contributed by atoms with Crippen molar-refractivity contribution in [2.45, 2.75) is 26.3 Å². The van der Waals surface area contributed by atoms with Gasteiger partial charge in [0.25, 0.3) is 0 Å². The number of hydrogen-bond acceptors (Lipinski definition) is 3. The van der Waals surface area contributed by atoms with Gasteiger partial charge in [0.05, 0.1) is 10.7 Å². The van der Waals surface area contributed by atoms with Gasteiger partial charge in [0.15, 0.2) is 0 Å². The molecule has 0 aliphatic heterocycles. The van der Waals surface area contributed by atoms with Crippen molar-refractivity contribution in [2.24, 2.45) is 0 Å². The molecule has 94 valence electrons. The molecule has 0 aliphatic rings. The SMILES string of the molecule is CCNC(C)CC(=O)Nc1cc(Cl)cnc1Br. The van der Waals surface area contributed by atoms with Gasteiger partial charge in [-0.05, 0) is 35.5 Å². The van der Waals surface area contributed by atoms with Crippen LogP contribution in [-0.2, 0) is 4.79 Å². The highest BCUT2D eigenvalue weighted by Crippen LogP contribution is 2.23. The van der Waals surface area contributed by atoms with Gasteiger partial charge < -0.3 is 10.6 Å². The van der Waals surface area contributed by atoms with Crippen LogP contribution in [0, 0.1) is 0 Å². The zero-order valence-electron chi connectivity index (χ0n) is 9.76. The molecule has 1 unspecified atom stereocenters. The fourth-order valence-electron chi connectivity index (χ4n) is 1.41. The summed E-state index contributed by atoms with van der Waals surface area (Å²) in [5, 5.41) is 6.43. The van der Waals surface area contributed by atoms with Crippen molar-refractivity contribution in [3.05, 3.63) is 21.9 Å². The van der Waals surface area contributed by atoms with E-state index < -0.39 is 0 Å². The molecule has 0 spiro atoms. The molecule has 0 saturated carbocycles. The van der Waals surface area contributed by atoms with E-state index in [-0.39, 0.29) is 11.9 Å². The lowest BCUT2D eigenvalue weighted by atomic mass is 10.2. The summed E-state index contributed by atoms with van der Waals surface area (Å²) in [7, 11) is 0. The van der Waals surface area contributed by atoms with Crippen molar-refractivity contribution in [3.63, 3.8) is 0 Å². The zero-order chi connectivity index (χ0) is 12.8. The first-order valence-corrected chi connectivity index (χ1v) is 6.54. The highest BCUT2D eigenvalue weighted by atomic mass is 79.9. The summed E-state index contributed by atoms with van der Waals surface area (Å²) in [4.78, 5) is 15.7. The number of rotatable bonds is 5. The highest BCUT2D eigenvalue weighted by Gasteiger charge is 2.10. The standard InChI is InChI=1S/C11H15BrClN3O/c1-3-14-7(2)4-10(17)16-9-5-8(13)6-15-11(9)12/h5-7,14H,3-4H2,1-2H3,(H,16,17). The van der Waals surface area contributed by atoms with Crippen molar-refractivity contribution in [3.8, 4) is 0 Å². The predicted molar refractivity (Wildman–Crippen MR) is 73.3 cm³/mol. The molecule has 1 amide bonds. The van der Waals surface area contributed by atoms with E-state index in [0.29, 0.717) is 21.7 Å². The summed E-state index contributed by atoms with van der Waals surface area (Å²) < 4.78 is 0.575. The zero-order valence-corrected chi connectivity index (χ0v) is 12.1. The molecule has 0 saturated heterocycles. The number of hydrogen-bond donors (Lipinski definition) is 2. The molecule has 1 atom stereocenters. The molecule has 1 heterocycles. The largest absolute Gasteiger partial charge is 0.324 e. The number of halogens is 2. The summed E-state index contributed by atoms with van der Waals surface area (Å²) in [6.45, 7) is 4.82.